The van der Waals surface area contributed by atoms with E-state index < -0.39 is 0 Å². The summed E-state index contributed by atoms with van der Waals surface area (Å²) in [5, 5.41) is 10.3. The number of benzene rings is 2. The molecule has 0 atom stereocenters. The minimum atomic E-state index is 0. The van der Waals surface area contributed by atoms with Gasteiger partial charge in [-0.15, -0.1) is 23.3 Å². The molecule has 0 fully saturated rings. The van der Waals surface area contributed by atoms with Crippen molar-refractivity contribution >= 4 is 16.4 Å². The second-order valence-corrected chi connectivity index (χ2v) is 4.42. The van der Waals surface area contributed by atoms with Gasteiger partial charge in [-0.1, -0.05) is 52.7 Å². The summed E-state index contributed by atoms with van der Waals surface area (Å²) in [6.45, 7) is 0. The van der Waals surface area contributed by atoms with Crippen LogP contribution in [0.25, 0.3) is 27.5 Å². The number of hydrogen-bond donors (Lipinski definition) is 0. The molecule has 3 nitrogen and oxygen atoms in total. The first-order valence-corrected chi connectivity index (χ1v) is 6.12. The fraction of sp³-hybridized carbons (Fsp3) is 0. The van der Waals surface area contributed by atoms with Crippen LogP contribution in [0.1, 0.15) is 0 Å². The molecule has 0 amide bonds. The van der Waals surface area contributed by atoms with E-state index in [4.69, 9.17) is 0 Å². The van der Waals surface area contributed by atoms with Crippen LogP contribution in [0.3, 0.4) is 0 Å². The van der Waals surface area contributed by atoms with Gasteiger partial charge in [-0.2, -0.15) is 5.10 Å². The number of aromatic nitrogens is 3. The predicted molar refractivity (Wildman–Crippen MR) is 74.8 cm³/mol. The van der Waals surface area contributed by atoms with Crippen LogP contribution in [-0.4, -0.2) is 14.6 Å². The Bertz CT molecular complexity index is 869. The first-order chi connectivity index (χ1) is 9.43. The maximum atomic E-state index is 4.16. The number of fused-ring (bicyclic) bond motifs is 3. The molecule has 100 valence electrons. The third kappa shape index (κ3) is 1.95. The van der Waals surface area contributed by atoms with E-state index >= 15 is 0 Å². The summed E-state index contributed by atoms with van der Waals surface area (Å²) in [4.78, 5) is 0. The molecule has 4 rings (SSSR count). The molecule has 4 aromatic rings. The third-order valence-corrected chi connectivity index (χ3v) is 3.32. The van der Waals surface area contributed by atoms with E-state index in [2.05, 4.69) is 40.5 Å². The van der Waals surface area contributed by atoms with E-state index in [0.29, 0.717) is 0 Å². The summed E-state index contributed by atoms with van der Waals surface area (Å²) in [5.74, 6) is 0. The van der Waals surface area contributed by atoms with Crippen molar-refractivity contribution in [3.8, 4) is 11.1 Å². The molecule has 0 aliphatic heterocycles. The van der Waals surface area contributed by atoms with Gasteiger partial charge < -0.3 is 4.40 Å². The molecule has 0 saturated carbocycles. The van der Waals surface area contributed by atoms with E-state index in [0.717, 1.165) is 16.4 Å². The van der Waals surface area contributed by atoms with E-state index in [-0.39, 0.29) is 21.1 Å². The first-order valence-electron chi connectivity index (χ1n) is 6.12. The molecule has 0 bridgehead atoms. The first kappa shape index (κ1) is 13.0. The van der Waals surface area contributed by atoms with Crippen LogP contribution in [0.5, 0.6) is 0 Å². The van der Waals surface area contributed by atoms with Crippen LogP contribution in [0.4, 0.5) is 0 Å². The molecule has 20 heavy (non-hydrogen) atoms. The van der Waals surface area contributed by atoms with Crippen LogP contribution in [0, 0.1) is 6.07 Å². The SMILES string of the molecule is [Pt].[c-]1ccc(-c2ccccc2)c2ccn3cnnc3c12. The summed E-state index contributed by atoms with van der Waals surface area (Å²) in [6, 6.07) is 19.7. The van der Waals surface area contributed by atoms with Gasteiger partial charge in [0.05, 0.1) is 5.65 Å². The van der Waals surface area contributed by atoms with Gasteiger partial charge in [0.25, 0.3) is 0 Å². The summed E-state index contributed by atoms with van der Waals surface area (Å²) < 4.78 is 1.91. The van der Waals surface area contributed by atoms with Crippen molar-refractivity contribution in [1.82, 2.24) is 14.6 Å². The molecule has 0 aliphatic rings. The number of rotatable bonds is 1. The molecule has 0 saturated heterocycles. The molecule has 2 aromatic heterocycles. The Hall–Kier alpha value is -1.99. The number of pyridine rings is 1. The molecule has 0 radical (unpaired) electrons. The second kappa shape index (κ2) is 5.18. The Morgan fingerprint density at radius 1 is 1.00 bits per heavy atom. The molecule has 0 spiro atoms. The summed E-state index contributed by atoms with van der Waals surface area (Å²) in [6.07, 6.45) is 3.69. The van der Waals surface area contributed by atoms with E-state index in [1.807, 2.05) is 34.9 Å². The van der Waals surface area contributed by atoms with Crippen molar-refractivity contribution in [3.63, 3.8) is 0 Å². The Kier molecular flexibility index (Phi) is 3.37. The van der Waals surface area contributed by atoms with Gasteiger partial charge in [0.1, 0.15) is 6.33 Å². The van der Waals surface area contributed by atoms with Crippen molar-refractivity contribution in [2.24, 2.45) is 0 Å². The Labute approximate surface area is 130 Å². The Morgan fingerprint density at radius 3 is 2.70 bits per heavy atom. The van der Waals surface area contributed by atoms with Crippen LogP contribution in [0.2, 0.25) is 0 Å². The third-order valence-electron chi connectivity index (χ3n) is 3.32. The molecule has 4 heteroatoms. The van der Waals surface area contributed by atoms with Crippen molar-refractivity contribution in [2.45, 2.75) is 0 Å². The van der Waals surface area contributed by atoms with Crippen LogP contribution < -0.4 is 0 Å². The molecular weight excluding hydrogens is 429 g/mol. The van der Waals surface area contributed by atoms with Gasteiger partial charge in [0.2, 0.25) is 0 Å². The average molecular weight is 439 g/mol. The zero-order chi connectivity index (χ0) is 12.7. The zero-order valence-corrected chi connectivity index (χ0v) is 12.7. The summed E-state index contributed by atoms with van der Waals surface area (Å²) in [5.41, 5.74) is 3.24. The smallest absolute Gasteiger partial charge is 0.114 e. The quantitative estimate of drug-likeness (QED) is 0.426. The van der Waals surface area contributed by atoms with Crippen LogP contribution >= 0.6 is 0 Å². The number of nitrogens with zero attached hydrogens (tertiary/aromatic N) is 3. The zero-order valence-electron chi connectivity index (χ0n) is 10.4. The second-order valence-electron chi connectivity index (χ2n) is 4.42. The molecule has 0 aliphatic carbocycles. The van der Waals surface area contributed by atoms with Gasteiger partial charge >= 0.3 is 0 Å². The molecule has 0 N–H and O–H groups in total. The Morgan fingerprint density at radius 2 is 1.85 bits per heavy atom. The van der Waals surface area contributed by atoms with Crippen molar-refractivity contribution in [1.29, 1.82) is 0 Å². The van der Waals surface area contributed by atoms with Gasteiger partial charge in [-0.05, 0) is 11.8 Å². The van der Waals surface area contributed by atoms with Crippen LogP contribution in [-0.2, 0) is 21.1 Å². The van der Waals surface area contributed by atoms with Crippen molar-refractivity contribution in [2.75, 3.05) is 0 Å². The maximum Gasteiger partial charge on any atom is 0.114 e. The molecule has 2 aromatic carbocycles. The molecule has 0 unspecified atom stereocenters. The summed E-state index contributed by atoms with van der Waals surface area (Å²) >= 11 is 0. The maximum absolute atomic E-state index is 4.16. The predicted octanol–water partition coefficient (Wildman–Crippen LogP) is 3.35. The van der Waals surface area contributed by atoms with E-state index in [1.165, 1.54) is 11.1 Å². The van der Waals surface area contributed by atoms with Crippen molar-refractivity contribution < 1.29 is 21.1 Å². The van der Waals surface area contributed by atoms with Gasteiger partial charge in [0, 0.05) is 21.1 Å². The monoisotopic (exact) mass is 439 g/mol. The van der Waals surface area contributed by atoms with Gasteiger partial charge in [0.15, 0.2) is 0 Å². The van der Waals surface area contributed by atoms with Crippen molar-refractivity contribution in [3.05, 3.63) is 67.1 Å². The Balaban J connectivity index is 0.00000121. The normalized spacial score (nSPS) is 10.6. The summed E-state index contributed by atoms with van der Waals surface area (Å²) in [7, 11) is 0. The average Bonchev–Trinajstić information content (AvgIpc) is 2.96. The fourth-order valence-electron chi connectivity index (χ4n) is 2.42. The topological polar surface area (TPSA) is 30.2 Å². The van der Waals surface area contributed by atoms with Crippen LogP contribution in [0.15, 0.2) is 61.1 Å². The van der Waals surface area contributed by atoms with E-state index in [9.17, 15) is 0 Å². The standard InChI is InChI=1S/C16H10N3.Pt/c1-2-5-12(6-3-1)13-7-4-8-15-14(13)9-10-19-11-17-18-16(15)19;/h1-7,9-11H;/q-1;. The molecule has 2 heterocycles. The fourth-order valence-corrected chi connectivity index (χ4v) is 2.42. The minimum absolute atomic E-state index is 0. The number of hydrogen-bond acceptors (Lipinski definition) is 2. The largest absolute Gasteiger partial charge is 0.330 e. The van der Waals surface area contributed by atoms with Gasteiger partial charge in [-0.3, -0.25) is 0 Å². The molecular formula is C16H10N3Pt-. The van der Waals surface area contributed by atoms with Gasteiger partial charge in [-0.25, -0.2) is 0 Å². The minimum Gasteiger partial charge on any atom is -0.330 e. The van der Waals surface area contributed by atoms with E-state index in [1.54, 1.807) is 6.33 Å².